The van der Waals surface area contributed by atoms with Gasteiger partial charge in [0, 0.05) is 0 Å². The Morgan fingerprint density at radius 2 is 1.29 bits per heavy atom. The number of amides is 4. The molecule has 0 atom stereocenters. The average Bonchev–Trinajstić information content (AvgIpc) is 2.45. The van der Waals surface area contributed by atoms with E-state index >= 15 is 0 Å². The Labute approximate surface area is 132 Å². The minimum Gasteiger partial charge on any atom is -0.350 e. The standard InChI is InChI=1S/C10H10N8O6/c11-9(19)15-13-3-5-1-6(4-14-16-10(12)20)8(18(23)24)2-7(5)17(21)22/h1-4H,(H3,11,15,19)(H3,12,16,20)/b13-3-,14-4?. The first-order valence-electron chi connectivity index (χ1n) is 5.86. The van der Waals surface area contributed by atoms with Crippen LogP contribution in [0.2, 0.25) is 0 Å². The lowest BCUT2D eigenvalue weighted by molar-refractivity contribution is -0.394. The van der Waals surface area contributed by atoms with Crippen molar-refractivity contribution in [3.05, 3.63) is 43.5 Å². The van der Waals surface area contributed by atoms with Crippen LogP contribution in [0.1, 0.15) is 11.1 Å². The number of rotatable bonds is 6. The van der Waals surface area contributed by atoms with Gasteiger partial charge in [0.2, 0.25) is 0 Å². The number of nitrogens with two attached hydrogens (primary N) is 2. The maximum absolute atomic E-state index is 11.0. The van der Waals surface area contributed by atoms with Gasteiger partial charge in [-0.15, -0.1) is 0 Å². The highest BCUT2D eigenvalue weighted by Gasteiger charge is 2.23. The van der Waals surface area contributed by atoms with Crippen molar-refractivity contribution in [2.24, 2.45) is 21.7 Å². The van der Waals surface area contributed by atoms with Crippen LogP contribution < -0.4 is 22.3 Å². The number of carbonyl (C=O) groups excluding carboxylic acids is 2. The summed E-state index contributed by atoms with van der Waals surface area (Å²) in [5, 5.41) is 28.7. The van der Waals surface area contributed by atoms with Gasteiger partial charge in [-0.2, -0.15) is 10.2 Å². The van der Waals surface area contributed by atoms with Crippen molar-refractivity contribution in [2.45, 2.75) is 0 Å². The van der Waals surface area contributed by atoms with E-state index in [1.165, 1.54) is 0 Å². The number of nitro groups is 2. The zero-order valence-electron chi connectivity index (χ0n) is 11.7. The van der Waals surface area contributed by atoms with Gasteiger partial charge in [-0.3, -0.25) is 20.2 Å². The topological polar surface area (TPSA) is 221 Å². The Bertz CT molecular complexity index is 699. The van der Waals surface area contributed by atoms with Gasteiger partial charge in [-0.1, -0.05) is 0 Å². The lowest BCUT2D eigenvalue weighted by Gasteiger charge is -2.02. The lowest BCUT2D eigenvalue weighted by Crippen LogP contribution is -2.24. The van der Waals surface area contributed by atoms with Crippen molar-refractivity contribution in [2.75, 3.05) is 0 Å². The SMILES string of the molecule is NC(=O)NN=Cc1cc(/C=N\NC(N)=O)c([N+](=O)[O-])cc1[N+](=O)[O-]. The van der Waals surface area contributed by atoms with Crippen LogP contribution in [0.4, 0.5) is 21.0 Å². The van der Waals surface area contributed by atoms with Crippen molar-refractivity contribution in [3.63, 3.8) is 0 Å². The zero-order chi connectivity index (χ0) is 18.3. The molecule has 1 rings (SSSR count). The molecule has 0 aliphatic carbocycles. The van der Waals surface area contributed by atoms with E-state index in [1.54, 1.807) is 0 Å². The molecule has 1 aromatic rings. The molecule has 14 nitrogen and oxygen atoms in total. The van der Waals surface area contributed by atoms with Crippen LogP contribution in [-0.2, 0) is 0 Å². The largest absolute Gasteiger partial charge is 0.350 e. The van der Waals surface area contributed by atoms with E-state index in [4.69, 9.17) is 11.5 Å². The molecule has 0 aromatic heterocycles. The normalized spacial score (nSPS) is 10.7. The number of nitrogens with zero attached hydrogens (tertiary/aromatic N) is 4. The van der Waals surface area contributed by atoms with Gasteiger partial charge in [0.25, 0.3) is 11.4 Å². The molecule has 0 spiro atoms. The molecule has 0 heterocycles. The predicted molar refractivity (Wildman–Crippen MR) is 80.4 cm³/mol. The molecule has 0 aliphatic rings. The third kappa shape index (κ3) is 5.02. The molecular formula is C10H10N8O6. The van der Waals surface area contributed by atoms with Crippen molar-refractivity contribution < 1.29 is 19.4 Å². The van der Waals surface area contributed by atoms with Crippen LogP contribution in [0.3, 0.4) is 0 Å². The second kappa shape index (κ2) is 7.78. The summed E-state index contributed by atoms with van der Waals surface area (Å²) in [4.78, 5) is 41.3. The molecular weight excluding hydrogens is 328 g/mol. The van der Waals surface area contributed by atoms with E-state index < -0.39 is 33.3 Å². The second-order valence-corrected chi connectivity index (χ2v) is 3.95. The van der Waals surface area contributed by atoms with Crippen LogP contribution >= 0.6 is 0 Å². The second-order valence-electron chi connectivity index (χ2n) is 3.95. The first kappa shape index (κ1) is 18.0. The molecule has 0 saturated heterocycles. The fourth-order valence-corrected chi connectivity index (χ4v) is 1.47. The summed E-state index contributed by atoms with van der Waals surface area (Å²) in [6.45, 7) is 0. The highest BCUT2D eigenvalue weighted by Crippen LogP contribution is 2.27. The van der Waals surface area contributed by atoms with Crippen LogP contribution in [-0.4, -0.2) is 34.3 Å². The summed E-state index contributed by atoms with van der Waals surface area (Å²) >= 11 is 0. The molecule has 1 aromatic carbocycles. The highest BCUT2D eigenvalue weighted by molar-refractivity contribution is 5.94. The first-order valence-corrected chi connectivity index (χ1v) is 5.86. The fraction of sp³-hybridized carbons (Fsp3) is 0. The van der Waals surface area contributed by atoms with Crippen LogP contribution in [0.15, 0.2) is 22.3 Å². The van der Waals surface area contributed by atoms with Gasteiger partial charge in [0.05, 0.1) is 39.5 Å². The Hall–Kier alpha value is -4.10. The molecule has 24 heavy (non-hydrogen) atoms. The summed E-state index contributed by atoms with van der Waals surface area (Å²) in [6, 6.07) is -0.335. The van der Waals surface area contributed by atoms with E-state index in [0.29, 0.717) is 6.07 Å². The first-order chi connectivity index (χ1) is 11.2. The number of hydrazone groups is 2. The number of nitro benzene ring substituents is 2. The van der Waals surface area contributed by atoms with E-state index in [-0.39, 0.29) is 11.1 Å². The van der Waals surface area contributed by atoms with Crippen LogP contribution in [0.25, 0.3) is 0 Å². The predicted octanol–water partition coefficient (Wildman–Crippen LogP) is -0.493. The number of benzene rings is 1. The molecule has 0 unspecified atom stereocenters. The minimum atomic E-state index is -1.01. The number of carbonyl (C=O) groups is 2. The maximum atomic E-state index is 11.0. The molecule has 0 radical (unpaired) electrons. The number of nitrogens with one attached hydrogen (secondary N) is 2. The van der Waals surface area contributed by atoms with Crippen molar-refractivity contribution in [1.82, 2.24) is 10.9 Å². The number of hydrogen-bond donors (Lipinski definition) is 4. The summed E-state index contributed by atoms with van der Waals surface area (Å²) in [7, 11) is 0. The average molecular weight is 338 g/mol. The van der Waals surface area contributed by atoms with Crippen molar-refractivity contribution in [1.29, 1.82) is 0 Å². The Morgan fingerprint density at radius 3 is 1.58 bits per heavy atom. The summed E-state index contributed by atoms with van der Waals surface area (Å²) < 4.78 is 0. The number of hydrogen-bond acceptors (Lipinski definition) is 8. The molecule has 4 amide bonds. The number of urea groups is 2. The van der Waals surface area contributed by atoms with Crippen molar-refractivity contribution in [3.8, 4) is 0 Å². The third-order valence-corrected chi connectivity index (χ3v) is 2.33. The Balaban J connectivity index is 3.39. The molecule has 0 aliphatic heterocycles. The summed E-state index contributed by atoms with van der Waals surface area (Å²) in [6.07, 6.45) is 1.73. The van der Waals surface area contributed by atoms with Gasteiger partial charge in [0.1, 0.15) is 0 Å². The molecule has 126 valence electrons. The zero-order valence-corrected chi connectivity index (χ0v) is 11.7. The molecule has 0 saturated carbocycles. The molecule has 0 bridgehead atoms. The third-order valence-electron chi connectivity index (χ3n) is 2.33. The molecule has 0 fully saturated rings. The van der Waals surface area contributed by atoms with Crippen LogP contribution in [0.5, 0.6) is 0 Å². The Kier molecular flexibility index (Phi) is 5.82. The lowest BCUT2D eigenvalue weighted by atomic mass is 10.1. The molecule has 14 heteroatoms. The minimum absolute atomic E-state index is 0.181. The fourth-order valence-electron chi connectivity index (χ4n) is 1.47. The number of primary amides is 2. The van der Waals surface area contributed by atoms with E-state index in [9.17, 15) is 29.8 Å². The Morgan fingerprint density at radius 1 is 0.917 bits per heavy atom. The van der Waals surface area contributed by atoms with Gasteiger partial charge in [-0.25, -0.2) is 20.4 Å². The van der Waals surface area contributed by atoms with Gasteiger partial charge in [0.15, 0.2) is 0 Å². The quantitative estimate of drug-likeness (QED) is 0.304. The smallest absolute Gasteiger partial charge is 0.332 e. The van der Waals surface area contributed by atoms with E-state index in [2.05, 4.69) is 10.2 Å². The summed E-state index contributed by atoms with van der Waals surface area (Å²) in [5.41, 5.74) is 11.6. The van der Waals surface area contributed by atoms with E-state index in [0.717, 1.165) is 18.5 Å². The monoisotopic (exact) mass is 338 g/mol. The van der Waals surface area contributed by atoms with Gasteiger partial charge >= 0.3 is 12.1 Å². The highest BCUT2D eigenvalue weighted by atomic mass is 16.6. The van der Waals surface area contributed by atoms with Crippen LogP contribution in [0, 0.1) is 20.2 Å². The van der Waals surface area contributed by atoms with Gasteiger partial charge < -0.3 is 11.5 Å². The van der Waals surface area contributed by atoms with Gasteiger partial charge in [-0.05, 0) is 6.07 Å². The molecule has 6 N–H and O–H groups in total. The summed E-state index contributed by atoms with van der Waals surface area (Å²) in [5.74, 6) is 0. The van der Waals surface area contributed by atoms with E-state index in [1.807, 2.05) is 10.9 Å². The van der Waals surface area contributed by atoms with Crippen molar-refractivity contribution >= 4 is 35.9 Å². The maximum Gasteiger partial charge on any atom is 0.332 e.